The van der Waals surface area contributed by atoms with Gasteiger partial charge in [-0.1, -0.05) is 12.1 Å². The molecule has 0 N–H and O–H groups in total. The van der Waals surface area contributed by atoms with Gasteiger partial charge in [-0.3, -0.25) is 9.79 Å². The van der Waals surface area contributed by atoms with Crippen LogP contribution in [0.15, 0.2) is 29.3 Å². The summed E-state index contributed by atoms with van der Waals surface area (Å²) in [5.74, 6) is -2.19. The second-order valence-corrected chi connectivity index (χ2v) is 5.71. The third-order valence-electron chi connectivity index (χ3n) is 4.20. The van der Waals surface area contributed by atoms with E-state index in [1.165, 1.54) is 13.0 Å². The summed E-state index contributed by atoms with van der Waals surface area (Å²) in [4.78, 5) is 18.6. The van der Waals surface area contributed by atoms with E-state index in [0.29, 0.717) is 6.54 Å². The van der Waals surface area contributed by atoms with Crippen molar-refractivity contribution in [2.24, 2.45) is 4.99 Å². The van der Waals surface area contributed by atoms with E-state index in [0.717, 1.165) is 31.0 Å². The minimum Gasteiger partial charge on any atom is -0.330 e. The van der Waals surface area contributed by atoms with Crippen molar-refractivity contribution in [1.29, 1.82) is 0 Å². The highest BCUT2D eigenvalue weighted by Crippen LogP contribution is 2.25. The lowest BCUT2D eigenvalue weighted by Crippen LogP contribution is -2.48. The molecule has 1 aromatic rings. The standard InChI is InChI=1S/C18H22F2N2O/c1-4-7-14(21-3)15-8-5-6-11-22(15)18(23)16-13(19)10-9-12(2)17(16)20/h4,7,9-10,15H,5-6,8,11H2,1-3H3. The smallest absolute Gasteiger partial charge is 0.260 e. The molecule has 1 unspecified atom stereocenters. The van der Waals surface area contributed by atoms with Gasteiger partial charge in [0.1, 0.15) is 17.2 Å². The molecule has 5 heteroatoms. The maximum atomic E-state index is 14.3. The second-order valence-electron chi connectivity index (χ2n) is 5.71. The number of likely N-dealkylation sites (tertiary alicyclic amines) is 1. The Balaban J connectivity index is 2.42. The summed E-state index contributed by atoms with van der Waals surface area (Å²) in [5, 5.41) is 0. The second kappa shape index (κ2) is 7.49. The molecule has 0 aromatic heterocycles. The lowest BCUT2D eigenvalue weighted by Gasteiger charge is -2.36. The number of allylic oxidation sites excluding steroid dienone is 1. The van der Waals surface area contributed by atoms with Gasteiger partial charge in [-0.2, -0.15) is 0 Å². The molecule has 1 atom stereocenters. The molecule has 0 radical (unpaired) electrons. The minimum atomic E-state index is -0.816. The van der Waals surface area contributed by atoms with Crippen LogP contribution < -0.4 is 0 Å². The third kappa shape index (κ3) is 3.49. The molecule has 0 spiro atoms. The van der Waals surface area contributed by atoms with E-state index in [1.54, 1.807) is 11.9 Å². The van der Waals surface area contributed by atoms with E-state index in [2.05, 4.69) is 4.99 Å². The molecule has 1 amide bonds. The Morgan fingerprint density at radius 1 is 1.35 bits per heavy atom. The summed E-state index contributed by atoms with van der Waals surface area (Å²) in [7, 11) is 1.67. The van der Waals surface area contributed by atoms with Crippen molar-refractivity contribution < 1.29 is 13.6 Å². The van der Waals surface area contributed by atoms with Gasteiger partial charge in [0.25, 0.3) is 5.91 Å². The molecular weight excluding hydrogens is 298 g/mol. The fraction of sp³-hybridized carbons (Fsp3) is 0.444. The van der Waals surface area contributed by atoms with Gasteiger partial charge >= 0.3 is 0 Å². The first-order chi connectivity index (χ1) is 11.0. The average Bonchev–Trinajstić information content (AvgIpc) is 2.56. The summed E-state index contributed by atoms with van der Waals surface area (Å²) in [6.07, 6.45) is 6.23. The van der Waals surface area contributed by atoms with Crippen LogP contribution in [0.3, 0.4) is 0 Å². The number of carbonyl (C=O) groups excluding carboxylic acids is 1. The molecule has 2 rings (SSSR count). The first-order valence-corrected chi connectivity index (χ1v) is 7.86. The van der Waals surface area contributed by atoms with Crippen molar-refractivity contribution in [2.75, 3.05) is 13.6 Å². The number of hydrogen-bond donors (Lipinski definition) is 0. The minimum absolute atomic E-state index is 0.239. The summed E-state index contributed by atoms with van der Waals surface area (Å²) in [5.41, 5.74) is 0.558. The molecule has 124 valence electrons. The first kappa shape index (κ1) is 17.3. The van der Waals surface area contributed by atoms with Gasteiger partial charge in [0, 0.05) is 13.6 Å². The molecule has 0 aliphatic carbocycles. The molecule has 3 nitrogen and oxygen atoms in total. The predicted octanol–water partition coefficient (Wildman–Crippen LogP) is 3.91. The number of aliphatic imine (C=N–C) groups is 1. The number of rotatable bonds is 3. The van der Waals surface area contributed by atoms with Gasteiger partial charge in [-0.25, -0.2) is 8.78 Å². The van der Waals surface area contributed by atoms with Crippen molar-refractivity contribution in [3.8, 4) is 0 Å². The van der Waals surface area contributed by atoms with Crippen LogP contribution in [0.4, 0.5) is 8.78 Å². The summed E-state index contributed by atoms with van der Waals surface area (Å²) >= 11 is 0. The Morgan fingerprint density at radius 3 is 2.74 bits per heavy atom. The monoisotopic (exact) mass is 320 g/mol. The molecule has 1 aliphatic rings. The quantitative estimate of drug-likeness (QED) is 0.777. The Bertz CT molecular complexity index is 653. The third-order valence-corrected chi connectivity index (χ3v) is 4.20. The molecule has 0 saturated carbocycles. The zero-order chi connectivity index (χ0) is 17.0. The topological polar surface area (TPSA) is 32.7 Å². The Hall–Kier alpha value is -2.04. The molecule has 1 aliphatic heterocycles. The maximum absolute atomic E-state index is 14.3. The highest BCUT2D eigenvalue weighted by molar-refractivity contribution is 6.04. The van der Waals surface area contributed by atoms with Crippen LogP contribution in [0.2, 0.25) is 0 Å². The molecule has 23 heavy (non-hydrogen) atoms. The van der Waals surface area contributed by atoms with Gasteiger partial charge in [0.15, 0.2) is 0 Å². The van der Waals surface area contributed by atoms with E-state index in [1.807, 2.05) is 19.1 Å². The molecule has 1 fully saturated rings. The first-order valence-electron chi connectivity index (χ1n) is 7.86. The molecule has 0 bridgehead atoms. The Kier molecular flexibility index (Phi) is 5.64. The number of halogens is 2. The van der Waals surface area contributed by atoms with E-state index in [-0.39, 0.29) is 11.6 Å². The van der Waals surface area contributed by atoms with Gasteiger partial charge in [0.05, 0.1) is 11.8 Å². The van der Waals surface area contributed by atoms with E-state index in [9.17, 15) is 13.6 Å². The van der Waals surface area contributed by atoms with Gasteiger partial charge in [-0.15, -0.1) is 0 Å². The van der Waals surface area contributed by atoms with Gasteiger partial charge in [-0.05, 0) is 50.8 Å². The van der Waals surface area contributed by atoms with Gasteiger partial charge < -0.3 is 4.90 Å². The fourth-order valence-corrected chi connectivity index (χ4v) is 2.98. The van der Waals surface area contributed by atoms with E-state index < -0.39 is 23.1 Å². The number of aryl methyl sites for hydroxylation is 1. The van der Waals surface area contributed by atoms with Gasteiger partial charge in [0.2, 0.25) is 0 Å². The van der Waals surface area contributed by atoms with E-state index >= 15 is 0 Å². The van der Waals surface area contributed by atoms with Crippen LogP contribution in [0, 0.1) is 18.6 Å². The number of benzene rings is 1. The van der Waals surface area contributed by atoms with Crippen LogP contribution in [-0.4, -0.2) is 36.2 Å². The lowest BCUT2D eigenvalue weighted by atomic mass is 9.96. The summed E-state index contributed by atoms with van der Waals surface area (Å²) in [6.45, 7) is 3.88. The van der Waals surface area contributed by atoms with Crippen molar-refractivity contribution >= 4 is 11.6 Å². The van der Waals surface area contributed by atoms with Crippen molar-refractivity contribution in [3.63, 3.8) is 0 Å². The summed E-state index contributed by atoms with van der Waals surface area (Å²) in [6, 6.07) is 2.25. The average molecular weight is 320 g/mol. The van der Waals surface area contributed by atoms with E-state index in [4.69, 9.17) is 0 Å². The van der Waals surface area contributed by atoms with Crippen LogP contribution in [0.1, 0.15) is 42.1 Å². The predicted molar refractivity (Wildman–Crippen MR) is 87.9 cm³/mol. The maximum Gasteiger partial charge on any atom is 0.260 e. The zero-order valence-corrected chi connectivity index (χ0v) is 13.8. The molecular formula is C18H22F2N2O. The molecule has 1 saturated heterocycles. The highest BCUT2D eigenvalue weighted by Gasteiger charge is 2.33. The van der Waals surface area contributed by atoms with Crippen LogP contribution in [0.5, 0.6) is 0 Å². The number of hydrogen-bond acceptors (Lipinski definition) is 2. The Labute approximate surface area is 135 Å². The number of amides is 1. The van der Waals surface area contributed by atoms with Crippen molar-refractivity contribution in [2.45, 2.75) is 39.2 Å². The normalized spacial score (nSPS) is 19.4. The highest BCUT2D eigenvalue weighted by atomic mass is 19.1. The Morgan fingerprint density at radius 2 is 2.09 bits per heavy atom. The molecule has 1 heterocycles. The largest absolute Gasteiger partial charge is 0.330 e. The number of piperidine rings is 1. The number of carbonyl (C=O) groups is 1. The van der Waals surface area contributed by atoms with Crippen molar-refractivity contribution in [3.05, 3.63) is 47.0 Å². The SMILES string of the molecule is CC=CC(=NC)C1CCCCN1C(=O)c1c(F)ccc(C)c1F. The lowest BCUT2D eigenvalue weighted by molar-refractivity contribution is 0.0671. The summed E-state index contributed by atoms with van der Waals surface area (Å²) < 4.78 is 28.4. The fourth-order valence-electron chi connectivity index (χ4n) is 2.98. The van der Waals surface area contributed by atoms with Crippen LogP contribution in [-0.2, 0) is 0 Å². The van der Waals surface area contributed by atoms with Crippen molar-refractivity contribution in [1.82, 2.24) is 4.90 Å². The number of nitrogens with zero attached hydrogens (tertiary/aromatic N) is 2. The van der Waals surface area contributed by atoms with Crippen LogP contribution >= 0.6 is 0 Å². The zero-order valence-electron chi connectivity index (χ0n) is 13.8. The van der Waals surface area contributed by atoms with Crippen LogP contribution in [0.25, 0.3) is 0 Å². The molecule has 1 aromatic carbocycles.